The van der Waals surface area contributed by atoms with Crippen molar-refractivity contribution in [3.63, 3.8) is 0 Å². The first-order valence-corrected chi connectivity index (χ1v) is 9.03. The molecule has 2 aromatic carbocycles. The molecule has 25 heavy (non-hydrogen) atoms. The Kier molecular flexibility index (Phi) is 5.81. The van der Waals surface area contributed by atoms with E-state index >= 15 is 0 Å². The number of carbonyl (C=O) groups is 1. The number of hydrogen-bond donors (Lipinski definition) is 1. The number of halogens is 3. The van der Waals surface area contributed by atoms with Crippen molar-refractivity contribution in [3.05, 3.63) is 69.7 Å². The van der Waals surface area contributed by atoms with Gasteiger partial charge in [0.1, 0.15) is 0 Å². The molecule has 0 atom stereocenters. The number of nitrogens with zero attached hydrogens (tertiary/aromatic N) is 1. The van der Waals surface area contributed by atoms with E-state index in [1.807, 2.05) is 12.1 Å². The van der Waals surface area contributed by atoms with Gasteiger partial charge in [0.05, 0.1) is 0 Å². The lowest BCUT2D eigenvalue weighted by molar-refractivity contribution is 0.0909. The lowest BCUT2D eigenvalue weighted by atomic mass is 10.0. The second-order valence-electron chi connectivity index (χ2n) is 6.28. The largest absolute Gasteiger partial charge is 0.349 e. The van der Waals surface area contributed by atoms with Crippen molar-refractivity contribution >= 4 is 21.8 Å². The van der Waals surface area contributed by atoms with E-state index in [4.69, 9.17) is 0 Å². The van der Waals surface area contributed by atoms with Crippen LogP contribution in [0.3, 0.4) is 0 Å². The molecule has 6 heteroatoms. The first-order valence-electron chi connectivity index (χ1n) is 8.24. The normalized spacial score (nSPS) is 16.0. The Morgan fingerprint density at radius 2 is 1.76 bits per heavy atom. The fourth-order valence-corrected chi connectivity index (χ4v) is 3.27. The summed E-state index contributed by atoms with van der Waals surface area (Å²) in [5, 5.41) is 3.07. The second kappa shape index (κ2) is 8.06. The summed E-state index contributed by atoms with van der Waals surface area (Å²) in [6.45, 7) is 2.21. The second-order valence-corrected chi connectivity index (χ2v) is 7.19. The molecule has 0 bridgehead atoms. The number of benzene rings is 2. The van der Waals surface area contributed by atoms with Gasteiger partial charge in [-0.15, -0.1) is 0 Å². The van der Waals surface area contributed by atoms with Gasteiger partial charge >= 0.3 is 0 Å². The number of amides is 1. The SMILES string of the molecule is O=C(NC1CCN(Cc2ccc(F)c(F)c2)CC1)c1ccc(Br)cc1. The molecule has 1 aliphatic heterocycles. The molecule has 1 fully saturated rings. The van der Waals surface area contributed by atoms with Gasteiger partial charge in [0.2, 0.25) is 0 Å². The molecule has 3 nitrogen and oxygen atoms in total. The van der Waals surface area contributed by atoms with Crippen molar-refractivity contribution in [1.82, 2.24) is 10.2 Å². The van der Waals surface area contributed by atoms with E-state index in [0.29, 0.717) is 12.1 Å². The van der Waals surface area contributed by atoms with Gasteiger partial charge in [-0.2, -0.15) is 0 Å². The number of hydrogen-bond acceptors (Lipinski definition) is 2. The predicted octanol–water partition coefficient (Wildman–Crippen LogP) is 4.12. The molecule has 1 amide bonds. The van der Waals surface area contributed by atoms with Crippen molar-refractivity contribution < 1.29 is 13.6 Å². The third-order valence-corrected chi connectivity index (χ3v) is 4.95. The summed E-state index contributed by atoms with van der Waals surface area (Å²) in [5.41, 5.74) is 1.41. The van der Waals surface area contributed by atoms with Crippen LogP contribution >= 0.6 is 15.9 Å². The maximum Gasteiger partial charge on any atom is 0.251 e. The fourth-order valence-electron chi connectivity index (χ4n) is 3.00. The van der Waals surface area contributed by atoms with Gasteiger partial charge in [0.15, 0.2) is 11.6 Å². The van der Waals surface area contributed by atoms with Gasteiger partial charge < -0.3 is 5.32 Å². The van der Waals surface area contributed by atoms with Crippen LogP contribution in [0.1, 0.15) is 28.8 Å². The van der Waals surface area contributed by atoms with E-state index in [0.717, 1.165) is 42.0 Å². The van der Waals surface area contributed by atoms with Gasteiger partial charge in [-0.25, -0.2) is 8.78 Å². The molecule has 132 valence electrons. The molecule has 1 heterocycles. The zero-order valence-electron chi connectivity index (χ0n) is 13.6. The molecular weight excluding hydrogens is 390 g/mol. The van der Waals surface area contributed by atoms with Crippen LogP contribution < -0.4 is 5.32 Å². The van der Waals surface area contributed by atoms with Gasteiger partial charge in [-0.1, -0.05) is 22.0 Å². The number of rotatable bonds is 4. The van der Waals surface area contributed by atoms with Gasteiger partial charge in [0.25, 0.3) is 5.91 Å². The molecule has 0 aliphatic carbocycles. The molecule has 0 saturated carbocycles. The van der Waals surface area contributed by atoms with Crippen LogP contribution in [0.2, 0.25) is 0 Å². The predicted molar refractivity (Wildman–Crippen MR) is 96.3 cm³/mol. The lowest BCUT2D eigenvalue weighted by Crippen LogP contribution is -2.44. The summed E-state index contributed by atoms with van der Waals surface area (Å²) in [6.07, 6.45) is 1.68. The van der Waals surface area contributed by atoms with Gasteiger partial charge in [0, 0.05) is 35.7 Å². The summed E-state index contributed by atoms with van der Waals surface area (Å²) in [5.74, 6) is -1.70. The highest BCUT2D eigenvalue weighted by molar-refractivity contribution is 9.10. The minimum Gasteiger partial charge on any atom is -0.349 e. The molecule has 1 saturated heterocycles. The van der Waals surface area contributed by atoms with Crippen LogP contribution in [0.5, 0.6) is 0 Å². The topological polar surface area (TPSA) is 32.3 Å². The third-order valence-electron chi connectivity index (χ3n) is 4.42. The first-order chi connectivity index (χ1) is 12.0. The molecule has 0 aromatic heterocycles. The van der Waals surface area contributed by atoms with Crippen molar-refractivity contribution in [3.8, 4) is 0 Å². The van der Waals surface area contributed by atoms with E-state index in [9.17, 15) is 13.6 Å². The fraction of sp³-hybridized carbons (Fsp3) is 0.316. The van der Waals surface area contributed by atoms with Crippen LogP contribution in [0.15, 0.2) is 46.9 Å². The Balaban J connectivity index is 1.49. The molecule has 1 N–H and O–H groups in total. The van der Waals surface area contributed by atoms with Crippen LogP contribution in [-0.2, 0) is 6.54 Å². The Bertz CT molecular complexity index is 744. The van der Waals surface area contributed by atoms with E-state index in [2.05, 4.69) is 26.1 Å². The van der Waals surface area contributed by atoms with Gasteiger partial charge in [-0.05, 0) is 54.8 Å². The summed E-state index contributed by atoms with van der Waals surface area (Å²) in [7, 11) is 0. The van der Waals surface area contributed by atoms with Crippen LogP contribution in [-0.4, -0.2) is 29.9 Å². The minimum atomic E-state index is -0.821. The molecule has 0 unspecified atom stereocenters. The molecule has 0 radical (unpaired) electrons. The standard InChI is InChI=1S/C19H19BrF2N2O/c20-15-4-2-14(3-5-15)19(25)23-16-7-9-24(10-8-16)12-13-1-6-17(21)18(22)11-13/h1-6,11,16H,7-10,12H2,(H,23,25). The average molecular weight is 409 g/mol. The number of likely N-dealkylation sites (tertiary alicyclic amines) is 1. The highest BCUT2D eigenvalue weighted by atomic mass is 79.9. The summed E-state index contributed by atoms with van der Waals surface area (Å²) in [4.78, 5) is 14.4. The van der Waals surface area contributed by atoms with Crippen molar-refractivity contribution in [2.24, 2.45) is 0 Å². The molecule has 0 spiro atoms. The van der Waals surface area contributed by atoms with E-state index in [-0.39, 0.29) is 11.9 Å². The van der Waals surface area contributed by atoms with Crippen LogP contribution in [0, 0.1) is 11.6 Å². The van der Waals surface area contributed by atoms with Crippen molar-refractivity contribution in [1.29, 1.82) is 0 Å². The number of nitrogens with one attached hydrogen (secondary N) is 1. The highest BCUT2D eigenvalue weighted by Crippen LogP contribution is 2.17. The van der Waals surface area contributed by atoms with Gasteiger partial charge in [-0.3, -0.25) is 9.69 Å². The highest BCUT2D eigenvalue weighted by Gasteiger charge is 2.21. The summed E-state index contributed by atoms with van der Waals surface area (Å²) in [6, 6.07) is 11.4. The molecule has 1 aliphatic rings. The monoisotopic (exact) mass is 408 g/mol. The third kappa shape index (κ3) is 4.86. The summed E-state index contributed by atoms with van der Waals surface area (Å²) < 4.78 is 27.2. The Morgan fingerprint density at radius 3 is 2.40 bits per heavy atom. The smallest absolute Gasteiger partial charge is 0.251 e. The zero-order chi connectivity index (χ0) is 17.8. The quantitative estimate of drug-likeness (QED) is 0.824. The Hall–Kier alpha value is -1.79. The Labute approximate surface area is 154 Å². The molecule has 3 rings (SSSR count). The first kappa shape index (κ1) is 18.0. The van der Waals surface area contributed by atoms with Crippen LogP contribution in [0.25, 0.3) is 0 Å². The van der Waals surface area contributed by atoms with Crippen molar-refractivity contribution in [2.45, 2.75) is 25.4 Å². The zero-order valence-corrected chi connectivity index (χ0v) is 15.2. The average Bonchev–Trinajstić information content (AvgIpc) is 2.60. The summed E-state index contributed by atoms with van der Waals surface area (Å²) >= 11 is 3.35. The molecular formula is C19H19BrF2N2O. The number of piperidine rings is 1. The minimum absolute atomic E-state index is 0.0634. The van der Waals surface area contributed by atoms with E-state index in [1.54, 1.807) is 18.2 Å². The Morgan fingerprint density at radius 1 is 1.08 bits per heavy atom. The van der Waals surface area contributed by atoms with Crippen molar-refractivity contribution in [2.75, 3.05) is 13.1 Å². The molecule has 2 aromatic rings. The van der Waals surface area contributed by atoms with E-state index in [1.165, 1.54) is 6.07 Å². The van der Waals surface area contributed by atoms with E-state index < -0.39 is 11.6 Å². The maximum absolute atomic E-state index is 13.3. The lowest BCUT2D eigenvalue weighted by Gasteiger charge is -2.32. The maximum atomic E-state index is 13.3. The number of carbonyl (C=O) groups excluding carboxylic acids is 1. The van der Waals surface area contributed by atoms with Crippen LogP contribution in [0.4, 0.5) is 8.78 Å².